The number of rotatable bonds is 2. The molecule has 6 N–H and O–H groups in total. The van der Waals surface area contributed by atoms with Crippen molar-refractivity contribution < 1.29 is 46.9 Å². The van der Waals surface area contributed by atoms with Gasteiger partial charge in [-0.3, -0.25) is 22.7 Å². The van der Waals surface area contributed by atoms with Gasteiger partial charge >= 0.3 is 13.6 Å². The zero-order chi connectivity index (χ0) is 31.0. The summed E-state index contributed by atoms with van der Waals surface area (Å²) in [5, 5.41) is 22.9. The van der Waals surface area contributed by atoms with E-state index in [2.05, 4.69) is 49.4 Å². The summed E-state index contributed by atoms with van der Waals surface area (Å²) in [5.74, 6) is 0.306. The molecule has 236 valence electrons. The Morgan fingerprint density at radius 1 is 0.795 bits per heavy atom. The van der Waals surface area contributed by atoms with Gasteiger partial charge in [0.1, 0.15) is 66.3 Å². The third-order valence-corrected chi connectivity index (χ3v) is 10.6. The zero-order valence-electron chi connectivity index (χ0n) is 22.2. The fraction of sp³-hybridized carbons (Fsp3) is 0.476. The van der Waals surface area contributed by atoms with E-state index in [0.29, 0.717) is 11.0 Å². The van der Waals surface area contributed by atoms with Gasteiger partial charge in [0.05, 0.1) is 24.9 Å². The monoisotopic (exact) mass is 689 g/mol. The minimum absolute atomic E-state index is 0.103. The first-order valence-electron chi connectivity index (χ1n) is 12.9. The first-order valence-corrected chi connectivity index (χ1v) is 18.3. The minimum atomic E-state index is -4.29. The predicted octanol–water partition coefficient (Wildman–Crippen LogP) is 0.845. The number of imidazole rings is 1. The lowest BCUT2D eigenvalue weighted by atomic mass is 10.1. The fourth-order valence-corrected chi connectivity index (χ4v) is 8.31. The molecule has 10 atom stereocenters. The molecule has 0 spiro atoms. The van der Waals surface area contributed by atoms with E-state index in [1.165, 1.54) is 28.1 Å². The van der Waals surface area contributed by atoms with E-state index in [9.17, 15) is 19.3 Å². The molecule has 23 heteroatoms. The molecule has 3 aliphatic heterocycles. The van der Waals surface area contributed by atoms with Crippen LogP contribution in [0.15, 0.2) is 31.2 Å². The van der Waals surface area contributed by atoms with Crippen molar-refractivity contribution in [2.24, 2.45) is 0 Å². The maximum atomic E-state index is 13.5. The number of anilines is 2. The van der Waals surface area contributed by atoms with Gasteiger partial charge in [-0.25, -0.2) is 34.0 Å². The molecule has 4 aromatic rings. The van der Waals surface area contributed by atoms with Crippen LogP contribution < -0.4 is 11.5 Å². The van der Waals surface area contributed by atoms with Crippen LogP contribution in [0.2, 0.25) is 0 Å². The van der Waals surface area contributed by atoms with Crippen LogP contribution in [-0.2, 0) is 36.7 Å². The molecule has 0 aliphatic carbocycles. The normalized spacial score (nSPS) is 38.3. The number of thiol groups is 2. The fourth-order valence-electron chi connectivity index (χ4n) is 5.36. The highest BCUT2D eigenvalue weighted by atomic mass is 32.7. The summed E-state index contributed by atoms with van der Waals surface area (Å²) in [5.41, 5.74) is 12.7. The number of aliphatic hydroxyl groups excluding tert-OH is 2. The Hall–Kier alpha value is -2.39. The van der Waals surface area contributed by atoms with E-state index in [-0.39, 0.29) is 22.8 Å². The number of hydrogen-bond donors (Lipinski definition) is 6. The molecule has 1 unspecified atom stereocenters. The molecule has 7 rings (SSSR count). The Balaban J connectivity index is 1.20. The quantitative estimate of drug-likeness (QED) is 0.126. The zero-order valence-corrected chi connectivity index (χ0v) is 25.7. The summed E-state index contributed by atoms with van der Waals surface area (Å²) in [7, 11) is 0. The average molecular weight is 690 g/mol. The topological polar surface area (TPSA) is 256 Å². The molecule has 3 fully saturated rings. The van der Waals surface area contributed by atoms with Gasteiger partial charge < -0.3 is 35.7 Å². The van der Waals surface area contributed by atoms with Crippen molar-refractivity contribution >= 4 is 71.9 Å². The maximum Gasteiger partial charge on any atom is 0.386 e. The lowest BCUT2D eigenvalue weighted by molar-refractivity contribution is -0.0574. The highest BCUT2D eigenvalue weighted by molar-refractivity contribution is 8.44. The summed E-state index contributed by atoms with van der Waals surface area (Å²) >= 11 is 8.20. The number of nitrogens with zero attached hydrogens (tertiary/aromatic N) is 7. The van der Waals surface area contributed by atoms with Gasteiger partial charge in [-0.05, 0) is 6.07 Å². The Morgan fingerprint density at radius 3 is 2.18 bits per heavy atom. The first kappa shape index (κ1) is 30.3. The number of hydrogen-bond acceptors (Lipinski definition) is 17. The second-order valence-electron chi connectivity index (χ2n) is 10.1. The lowest BCUT2D eigenvalue weighted by Gasteiger charge is -2.26. The van der Waals surface area contributed by atoms with Crippen molar-refractivity contribution in [1.29, 1.82) is 0 Å². The second kappa shape index (κ2) is 11.1. The van der Waals surface area contributed by atoms with Gasteiger partial charge in [-0.2, -0.15) is 0 Å². The Morgan fingerprint density at radius 2 is 1.43 bits per heavy atom. The molecule has 0 saturated carbocycles. The molecular weight excluding hydrogens is 664 g/mol. The Kier molecular flexibility index (Phi) is 7.67. The van der Waals surface area contributed by atoms with E-state index < -0.39 is 75.9 Å². The third-order valence-electron chi connectivity index (χ3n) is 7.41. The van der Waals surface area contributed by atoms with E-state index in [0.717, 1.165) is 0 Å². The van der Waals surface area contributed by atoms with Crippen LogP contribution in [0.25, 0.3) is 22.2 Å². The van der Waals surface area contributed by atoms with Gasteiger partial charge in [0.2, 0.25) is 0 Å². The maximum absolute atomic E-state index is 13.5. The van der Waals surface area contributed by atoms with Gasteiger partial charge in [0.25, 0.3) is 0 Å². The second-order valence-corrected chi connectivity index (χ2v) is 15.8. The number of aromatic nitrogens is 7. The molecule has 2 bridgehead atoms. The molecule has 44 heavy (non-hydrogen) atoms. The Bertz CT molecular complexity index is 1830. The number of fused-ring (bicyclic) bond motifs is 5. The number of ether oxygens (including phenoxy) is 2. The van der Waals surface area contributed by atoms with Gasteiger partial charge in [0, 0.05) is 6.20 Å². The van der Waals surface area contributed by atoms with Gasteiger partial charge in [0.15, 0.2) is 23.9 Å². The largest absolute Gasteiger partial charge is 0.387 e. The average Bonchev–Trinajstić information content (AvgIpc) is 3.73. The van der Waals surface area contributed by atoms with Crippen LogP contribution in [0.4, 0.5) is 11.6 Å². The summed E-state index contributed by atoms with van der Waals surface area (Å²) in [6, 6.07) is 1.63. The van der Waals surface area contributed by atoms with Crippen LogP contribution in [0.3, 0.4) is 0 Å². The van der Waals surface area contributed by atoms with Crippen LogP contribution >= 0.6 is 38.1 Å². The molecule has 4 aromatic heterocycles. The summed E-state index contributed by atoms with van der Waals surface area (Å²) in [4.78, 5) is 20.4. The van der Waals surface area contributed by atoms with E-state index in [4.69, 9.17) is 39.0 Å². The molecule has 0 radical (unpaired) electrons. The molecular formula is C21H25N9O10P2S2. The van der Waals surface area contributed by atoms with Gasteiger partial charge in [-0.1, -0.05) is 24.5 Å². The SMILES string of the molecule is Nc1ncnc2c1ccn2[C@@H]1O[C@@H]2CO[P@@](=O)(S)O[C@@H]3[C@@H](O)[C@H](n4cnc5c(N)ncnc54)O[C@@H]3COP(=O)(S)O[C@@H]1[C@@H]2O. The molecule has 3 saturated heterocycles. The highest BCUT2D eigenvalue weighted by Gasteiger charge is 2.53. The van der Waals surface area contributed by atoms with Crippen LogP contribution in [0.1, 0.15) is 12.5 Å². The number of nitrogen functional groups attached to an aromatic ring is 2. The van der Waals surface area contributed by atoms with Crippen molar-refractivity contribution in [2.75, 3.05) is 24.7 Å². The smallest absolute Gasteiger partial charge is 0.386 e. The van der Waals surface area contributed by atoms with E-state index in [1.807, 2.05) is 0 Å². The minimum Gasteiger partial charge on any atom is -0.387 e. The summed E-state index contributed by atoms with van der Waals surface area (Å²) < 4.78 is 64.3. The van der Waals surface area contributed by atoms with Crippen molar-refractivity contribution in [3.63, 3.8) is 0 Å². The van der Waals surface area contributed by atoms with E-state index in [1.54, 1.807) is 12.3 Å². The molecule has 3 aliphatic rings. The molecule has 0 aromatic carbocycles. The highest BCUT2D eigenvalue weighted by Crippen LogP contribution is 2.60. The van der Waals surface area contributed by atoms with Crippen molar-refractivity contribution in [1.82, 2.24) is 34.1 Å². The molecule has 0 amide bonds. The molecule has 19 nitrogen and oxygen atoms in total. The third kappa shape index (κ3) is 5.29. The van der Waals surface area contributed by atoms with Crippen molar-refractivity contribution in [3.05, 3.63) is 31.2 Å². The summed E-state index contributed by atoms with van der Waals surface area (Å²) in [6.45, 7) is -9.61. The van der Waals surface area contributed by atoms with Crippen molar-refractivity contribution in [3.8, 4) is 0 Å². The Labute approximate surface area is 257 Å². The predicted molar refractivity (Wildman–Crippen MR) is 156 cm³/mol. The standard InChI is InChI=1S/C21H25N9O10P2S2/c22-16-8-1-2-29(18(8)26-5-24-16)21-15-12(31)9(37-21)3-35-41(33,43)39-14-10(4-36-42(34,44)40-15)38-20(13(14)32)30-7-28-11-17(23)25-6-27-19(11)30/h1-2,5-7,9-10,12-15,20-21,31-32H,3-4H2,(H,33,43)(H,34,44)(H2,22,24,26)(H2,23,25,27)/t9-,10-,12-,13-,14+,15-,20-,21-,41-,42?/m1/s1. The number of aliphatic hydroxyl groups is 2. The van der Waals surface area contributed by atoms with Crippen molar-refractivity contribution in [2.45, 2.75) is 49.1 Å². The van der Waals surface area contributed by atoms with Crippen LogP contribution in [0.5, 0.6) is 0 Å². The van der Waals surface area contributed by atoms with E-state index >= 15 is 0 Å². The number of nitrogens with two attached hydrogens (primary N) is 2. The molecule has 7 heterocycles. The first-order chi connectivity index (χ1) is 20.9. The van der Waals surface area contributed by atoms with Gasteiger partial charge in [-0.15, -0.1) is 0 Å². The van der Waals surface area contributed by atoms with Crippen LogP contribution in [0, 0.1) is 0 Å². The summed E-state index contributed by atoms with van der Waals surface area (Å²) in [6.07, 6.45) is -5.09. The van der Waals surface area contributed by atoms with Crippen LogP contribution in [-0.4, -0.2) is 94.1 Å². The lowest BCUT2D eigenvalue weighted by Crippen LogP contribution is -2.35.